The average Bonchev–Trinajstić information content (AvgIpc) is 2.65. The highest BCUT2D eigenvalue weighted by atomic mass is 16.6. The molecular formula is C14H24N2O3. The van der Waals surface area contributed by atoms with Crippen LogP contribution in [-0.4, -0.2) is 29.4 Å². The smallest absolute Gasteiger partial charge is 0.355 e. The van der Waals surface area contributed by atoms with Crippen molar-refractivity contribution in [3.8, 4) is 0 Å². The number of anilines is 1. The van der Waals surface area contributed by atoms with E-state index < -0.39 is 0 Å². The molecule has 5 nitrogen and oxygen atoms in total. The van der Waals surface area contributed by atoms with E-state index in [0.717, 1.165) is 0 Å². The summed E-state index contributed by atoms with van der Waals surface area (Å²) in [7, 11) is 0. The Kier molecular flexibility index (Phi) is 5.00. The Balaban J connectivity index is 2.54. The zero-order valence-corrected chi connectivity index (χ0v) is 12.4. The van der Waals surface area contributed by atoms with E-state index >= 15 is 0 Å². The van der Waals surface area contributed by atoms with E-state index in [9.17, 15) is 4.79 Å². The SMILES string of the molecule is CC(C)n1cc(N)cc1C(=O)OCCOC(C)(C)C. The van der Waals surface area contributed by atoms with Crippen molar-refractivity contribution >= 4 is 11.7 Å². The summed E-state index contributed by atoms with van der Waals surface area (Å²) in [6.07, 6.45) is 1.74. The number of ether oxygens (including phenoxy) is 2. The van der Waals surface area contributed by atoms with E-state index in [1.807, 2.05) is 39.2 Å². The predicted molar refractivity (Wildman–Crippen MR) is 75.2 cm³/mol. The topological polar surface area (TPSA) is 66.5 Å². The van der Waals surface area contributed by atoms with Crippen LogP contribution >= 0.6 is 0 Å². The third-order valence-corrected chi connectivity index (χ3v) is 2.49. The van der Waals surface area contributed by atoms with Gasteiger partial charge < -0.3 is 19.8 Å². The molecule has 1 aromatic heterocycles. The minimum absolute atomic E-state index is 0.158. The van der Waals surface area contributed by atoms with E-state index in [0.29, 0.717) is 18.0 Å². The van der Waals surface area contributed by atoms with Gasteiger partial charge in [-0.3, -0.25) is 0 Å². The minimum atomic E-state index is -0.372. The molecule has 0 amide bonds. The first-order valence-electron chi connectivity index (χ1n) is 6.49. The molecule has 0 saturated heterocycles. The van der Waals surface area contributed by atoms with Gasteiger partial charge in [-0.2, -0.15) is 0 Å². The molecule has 0 aromatic carbocycles. The molecule has 0 saturated carbocycles. The van der Waals surface area contributed by atoms with Crippen LogP contribution in [-0.2, 0) is 9.47 Å². The van der Waals surface area contributed by atoms with Gasteiger partial charge in [-0.25, -0.2) is 4.79 Å². The maximum atomic E-state index is 12.0. The van der Waals surface area contributed by atoms with Crippen LogP contribution in [0.2, 0.25) is 0 Å². The van der Waals surface area contributed by atoms with Gasteiger partial charge in [0.1, 0.15) is 12.3 Å². The zero-order chi connectivity index (χ0) is 14.6. The van der Waals surface area contributed by atoms with Crippen LogP contribution in [0.15, 0.2) is 12.3 Å². The number of nitrogens with two attached hydrogens (primary N) is 1. The molecule has 1 aromatic rings. The molecule has 0 aliphatic heterocycles. The number of hydrogen-bond donors (Lipinski definition) is 1. The number of hydrogen-bond acceptors (Lipinski definition) is 4. The summed E-state index contributed by atoms with van der Waals surface area (Å²) >= 11 is 0. The molecule has 0 fully saturated rings. The monoisotopic (exact) mass is 268 g/mol. The van der Waals surface area contributed by atoms with E-state index in [-0.39, 0.29) is 24.2 Å². The van der Waals surface area contributed by atoms with Crippen LogP contribution < -0.4 is 5.73 Å². The van der Waals surface area contributed by atoms with Crippen LogP contribution in [0.1, 0.15) is 51.1 Å². The molecule has 0 radical (unpaired) electrons. The van der Waals surface area contributed by atoms with Gasteiger partial charge in [-0.05, 0) is 40.7 Å². The Labute approximate surface area is 114 Å². The fourth-order valence-electron chi connectivity index (χ4n) is 1.65. The summed E-state index contributed by atoms with van der Waals surface area (Å²) in [6.45, 7) is 10.5. The Morgan fingerprint density at radius 1 is 1.37 bits per heavy atom. The summed E-state index contributed by atoms with van der Waals surface area (Å²) in [5.41, 5.74) is 6.52. The fraction of sp³-hybridized carbons (Fsp3) is 0.643. The van der Waals surface area contributed by atoms with Gasteiger partial charge in [-0.15, -0.1) is 0 Å². The van der Waals surface area contributed by atoms with Crippen molar-refractivity contribution in [2.75, 3.05) is 18.9 Å². The number of esters is 1. The van der Waals surface area contributed by atoms with Gasteiger partial charge >= 0.3 is 5.97 Å². The first kappa shape index (κ1) is 15.6. The Morgan fingerprint density at radius 3 is 2.53 bits per heavy atom. The highest BCUT2D eigenvalue weighted by Crippen LogP contribution is 2.17. The highest BCUT2D eigenvalue weighted by molar-refractivity contribution is 5.89. The molecule has 0 aliphatic carbocycles. The predicted octanol–water partition coefficient (Wildman–Crippen LogP) is 2.62. The number of nitrogens with zero attached hydrogens (tertiary/aromatic N) is 1. The number of carbonyl (C=O) groups excluding carboxylic acids is 1. The normalized spacial score (nSPS) is 11.9. The maximum absolute atomic E-state index is 12.0. The van der Waals surface area contributed by atoms with E-state index in [1.54, 1.807) is 12.3 Å². The molecule has 0 spiro atoms. The van der Waals surface area contributed by atoms with Gasteiger partial charge in [0.05, 0.1) is 17.9 Å². The van der Waals surface area contributed by atoms with Gasteiger partial charge in [-0.1, -0.05) is 0 Å². The van der Waals surface area contributed by atoms with Crippen molar-refractivity contribution in [3.05, 3.63) is 18.0 Å². The molecule has 0 atom stereocenters. The maximum Gasteiger partial charge on any atom is 0.355 e. The van der Waals surface area contributed by atoms with E-state index in [2.05, 4.69) is 0 Å². The minimum Gasteiger partial charge on any atom is -0.459 e. The van der Waals surface area contributed by atoms with Crippen molar-refractivity contribution in [1.82, 2.24) is 4.57 Å². The van der Waals surface area contributed by atoms with E-state index in [1.165, 1.54) is 0 Å². The summed E-state index contributed by atoms with van der Waals surface area (Å²) in [4.78, 5) is 12.0. The number of aromatic nitrogens is 1. The molecule has 1 rings (SSSR count). The van der Waals surface area contributed by atoms with Crippen LogP contribution in [0, 0.1) is 0 Å². The molecule has 0 bridgehead atoms. The lowest BCUT2D eigenvalue weighted by Crippen LogP contribution is -2.23. The third kappa shape index (κ3) is 4.95. The highest BCUT2D eigenvalue weighted by Gasteiger charge is 2.16. The van der Waals surface area contributed by atoms with Crippen LogP contribution in [0.4, 0.5) is 5.69 Å². The Hall–Kier alpha value is -1.49. The van der Waals surface area contributed by atoms with Crippen molar-refractivity contribution < 1.29 is 14.3 Å². The zero-order valence-electron chi connectivity index (χ0n) is 12.4. The lowest BCUT2D eigenvalue weighted by molar-refractivity contribution is -0.0284. The number of carbonyl (C=O) groups is 1. The first-order chi connectivity index (χ1) is 8.70. The second kappa shape index (κ2) is 6.10. The van der Waals surface area contributed by atoms with Gasteiger partial charge in [0, 0.05) is 12.2 Å². The first-order valence-corrected chi connectivity index (χ1v) is 6.49. The van der Waals surface area contributed by atoms with E-state index in [4.69, 9.17) is 15.2 Å². The largest absolute Gasteiger partial charge is 0.459 e. The van der Waals surface area contributed by atoms with Gasteiger partial charge in [0.15, 0.2) is 0 Å². The summed E-state index contributed by atoms with van der Waals surface area (Å²) in [6, 6.07) is 1.79. The Morgan fingerprint density at radius 2 is 2.00 bits per heavy atom. The summed E-state index contributed by atoms with van der Waals surface area (Å²) < 4.78 is 12.5. The summed E-state index contributed by atoms with van der Waals surface area (Å²) in [5.74, 6) is -0.372. The Bertz CT molecular complexity index is 430. The molecule has 108 valence electrons. The van der Waals surface area contributed by atoms with Crippen LogP contribution in [0.25, 0.3) is 0 Å². The molecule has 0 unspecified atom stereocenters. The van der Waals surface area contributed by atoms with Crippen LogP contribution in [0.5, 0.6) is 0 Å². The van der Waals surface area contributed by atoms with Gasteiger partial charge in [0.2, 0.25) is 0 Å². The van der Waals surface area contributed by atoms with Crippen molar-refractivity contribution in [3.63, 3.8) is 0 Å². The molecule has 0 aliphatic rings. The van der Waals surface area contributed by atoms with Crippen molar-refractivity contribution in [1.29, 1.82) is 0 Å². The molecular weight excluding hydrogens is 244 g/mol. The van der Waals surface area contributed by atoms with Crippen molar-refractivity contribution in [2.24, 2.45) is 0 Å². The lowest BCUT2D eigenvalue weighted by Gasteiger charge is -2.19. The molecule has 19 heavy (non-hydrogen) atoms. The van der Waals surface area contributed by atoms with Crippen LogP contribution in [0.3, 0.4) is 0 Å². The standard InChI is InChI=1S/C14H24N2O3/c1-10(2)16-9-11(15)8-12(16)13(17)18-6-7-19-14(3,4)5/h8-10H,6-7,15H2,1-5H3. The fourth-order valence-corrected chi connectivity index (χ4v) is 1.65. The summed E-state index contributed by atoms with van der Waals surface area (Å²) in [5, 5.41) is 0. The lowest BCUT2D eigenvalue weighted by atomic mass is 10.2. The van der Waals surface area contributed by atoms with Crippen molar-refractivity contribution in [2.45, 2.75) is 46.3 Å². The second-order valence-electron chi connectivity index (χ2n) is 5.76. The molecule has 2 N–H and O–H groups in total. The number of nitrogen functional groups attached to an aromatic ring is 1. The molecule has 1 heterocycles. The third-order valence-electron chi connectivity index (χ3n) is 2.49. The average molecular weight is 268 g/mol. The quantitative estimate of drug-likeness (QED) is 0.658. The second-order valence-corrected chi connectivity index (χ2v) is 5.76. The number of rotatable bonds is 5. The molecule has 5 heteroatoms. The van der Waals surface area contributed by atoms with Gasteiger partial charge in [0.25, 0.3) is 0 Å².